The maximum absolute atomic E-state index is 4.28. The van der Waals surface area contributed by atoms with E-state index in [4.69, 9.17) is 0 Å². The lowest BCUT2D eigenvalue weighted by Gasteiger charge is -2.28. The minimum absolute atomic E-state index is 0.0506. The van der Waals surface area contributed by atoms with Crippen LogP contribution in [0.4, 0.5) is 5.82 Å². The highest BCUT2D eigenvalue weighted by atomic mass is 15.1. The summed E-state index contributed by atoms with van der Waals surface area (Å²) < 4.78 is 0. The monoisotopic (exact) mass is 262 g/mol. The van der Waals surface area contributed by atoms with Crippen LogP contribution >= 0.6 is 0 Å². The highest BCUT2D eigenvalue weighted by Gasteiger charge is 2.42. The van der Waals surface area contributed by atoms with Crippen molar-refractivity contribution >= 4 is 5.82 Å². The van der Waals surface area contributed by atoms with Crippen LogP contribution in [0.3, 0.4) is 0 Å². The fourth-order valence-electron chi connectivity index (χ4n) is 2.62. The third-order valence-corrected chi connectivity index (χ3v) is 3.34. The van der Waals surface area contributed by atoms with E-state index >= 15 is 0 Å². The topological polar surface area (TPSA) is 49.8 Å². The van der Waals surface area contributed by atoms with Crippen LogP contribution in [0.15, 0.2) is 18.6 Å². The molecule has 0 spiro atoms. The van der Waals surface area contributed by atoms with Gasteiger partial charge in [0.2, 0.25) is 0 Å². The molecule has 4 nitrogen and oxygen atoms in total. The number of hydrogen-bond donors (Lipinski definition) is 2. The number of rotatable bonds is 5. The van der Waals surface area contributed by atoms with Crippen LogP contribution in [0.2, 0.25) is 0 Å². The molecule has 106 valence electrons. The van der Waals surface area contributed by atoms with Crippen molar-refractivity contribution in [3.8, 4) is 0 Å². The summed E-state index contributed by atoms with van der Waals surface area (Å²) in [5.41, 5.74) is 0.261. The molecule has 4 heteroatoms. The molecule has 1 aromatic rings. The lowest BCUT2D eigenvalue weighted by Crippen LogP contribution is -2.39. The third kappa shape index (κ3) is 4.78. The second kappa shape index (κ2) is 5.08. The number of aromatic nitrogens is 2. The summed E-state index contributed by atoms with van der Waals surface area (Å²) >= 11 is 0. The Morgan fingerprint density at radius 3 is 2.53 bits per heavy atom. The molecule has 2 atom stereocenters. The van der Waals surface area contributed by atoms with Gasteiger partial charge in [-0.1, -0.05) is 0 Å². The second-order valence-corrected chi connectivity index (χ2v) is 7.30. The normalized spacial score (nSPS) is 23.2. The van der Waals surface area contributed by atoms with Gasteiger partial charge >= 0.3 is 0 Å². The van der Waals surface area contributed by atoms with Crippen molar-refractivity contribution in [2.75, 3.05) is 5.32 Å². The van der Waals surface area contributed by atoms with Crippen molar-refractivity contribution < 1.29 is 0 Å². The van der Waals surface area contributed by atoms with Gasteiger partial charge < -0.3 is 10.6 Å². The fourth-order valence-corrected chi connectivity index (χ4v) is 2.62. The van der Waals surface area contributed by atoms with Gasteiger partial charge in [-0.15, -0.1) is 0 Å². The summed E-state index contributed by atoms with van der Waals surface area (Å²) in [5.74, 6) is 1.62. The summed E-state index contributed by atoms with van der Waals surface area (Å²) in [6, 6.07) is 0.669. The van der Waals surface area contributed by atoms with Crippen LogP contribution in [0.25, 0.3) is 0 Å². The van der Waals surface area contributed by atoms with Crippen molar-refractivity contribution in [1.29, 1.82) is 0 Å². The van der Waals surface area contributed by atoms with Crippen molar-refractivity contribution in [3.05, 3.63) is 18.6 Å². The van der Waals surface area contributed by atoms with E-state index in [0.29, 0.717) is 6.04 Å². The predicted octanol–water partition coefficient (Wildman–Crippen LogP) is 2.83. The molecule has 0 aromatic carbocycles. The van der Waals surface area contributed by atoms with E-state index in [-0.39, 0.29) is 11.1 Å². The van der Waals surface area contributed by atoms with Gasteiger partial charge in [0.1, 0.15) is 5.82 Å². The zero-order chi connectivity index (χ0) is 14.1. The van der Waals surface area contributed by atoms with Gasteiger partial charge in [0, 0.05) is 29.5 Å². The Hall–Kier alpha value is -1.16. The SMILES string of the molecule is CC(C)(C)NC1CC1CC(C)(C)Nc1cnccn1. The maximum Gasteiger partial charge on any atom is 0.144 e. The first-order chi connectivity index (χ1) is 8.75. The zero-order valence-electron chi connectivity index (χ0n) is 12.7. The molecule has 1 aromatic heterocycles. The molecule has 2 N–H and O–H groups in total. The third-order valence-electron chi connectivity index (χ3n) is 3.34. The molecular formula is C15H26N4. The number of hydrogen-bond acceptors (Lipinski definition) is 4. The number of nitrogens with one attached hydrogen (secondary N) is 2. The lowest BCUT2D eigenvalue weighted by atomic mass is 9.97. The fraction of sp³-hybridized carbons (Fsp3) is 0.733. The largest absolute Gasteiger partial charge is 0.364 e. The molecule has 1 saturated carbocycles. The van der Waals surface area contributed by atoms with Crippen LogP contribution < -0.4 is 10.6 Å². The Bertz CT molecular complexity index is 408. The molecule has 0 aliphatic heterocycles. The Balaban J connectivity index is 1.83. The molecular weight excluding hydrogens is 236 g/mol. The first-order valence-corrected chi connectivity index (χ1v) is 7.07. The van der Waals surface area contributed by atoms with Crippen LogP contribution in [0, 0.1) is 5.92 Å². The summed E-state index contributed by atoms with van der Waals surface area (Å²) in [6.45, 7) is 11.1. The Kier molecular flexibility index (Phi) is 3.81. The molecule has 0 saturated heterocycles. The first-order valence-electron chi connectivity index (χ1n) is 7.07. The summed E-state index contributed by atoms with van der Waals surface area (Å²) in [5, 5.41) is 7.15. The van der Waals surface area contributed by atoms with E-state index in [0.717, 1.165) is 18.2 Å². The van der Waals surface area contributed by atoms with Crippen LogP contribution in [0.1, 0.15) is 47.5 Å². The predicted molar refractivity (Wildman–Crippen MR) is 79.1 cm³/mol. The summed E-state index contributed by atoms with van der Waals surface area (Å²) in [4.78, 5) is 8.37. The molecule has 0 bridgehead atoms. The van der Waals surface area contributed by atoms with Crippen molar-refractivity contribution in [2.24, 2.45) is 5.92 Å². The Morgan fingerprint density at radius 2 is 1.95 bits per heavy atom. The highest BCUT2D eigenvalue weighted by molar-refractivity contribution is 5.33. The minimum Gasteiger partial charge on any atom is -0.364 e. The van der Waals surface area contributed by atoms with E-state index in [2.05, 4.69) is 55.2 Å². The Morgan fingerprint density at radius 1 is 1.21 bits per heavy atom. The van der Waals surface area contributed by atoms with Crippen LogP contribution in [0.5, 0.6) is 0 Å². The smallest absolute Gasteiger partial charge is 0.144 e. The standard InChI is InChI=1S/C15H26N4/c1-14(2,3)18-12-8-11(12)9-15(4,5)19-13-10-16-6-7-17-13/h6-7,10-12,18H,8-9H2,1-5H3,(H,17,19). The van der Waals surface area contributed by atoms with Gasteiger partial charge in [0.15, 0.2) is 0 Å². The molecule has 0 radical (unpaired) electrons. The number of nitrogens with zero attached hydrogens (tertiary/aromatic N) is 2. The first kappa shape index (κ1) is 14.3. The zero-order valence-corrected chi connectivity index (χ0v) is 12.7. The average molecular weight is 262 g/mol. The second-order valence-electron chi connectivity index (χ2n) is 7.30. The van der Waals surface area contributed by atoms with Gasteiger partial charge in [0.25, 0.3) is 0 Å². The van der Waals surface area contributed by atoms with E-state index in [1.165, 1.54) is 6.42 Å². The van der Waals surface area contributed by atoms with Gasteiger partial charge in [-0.3, -0.25) is 4.98 Å². The molecule has 1 fully saturated rings. The van der Waals surface area contributed by atoms with E-state index in [1.807, 2.05) is 0 Å². The Labute approximate surface area is 116 Å². The molecule has 19 heavy (non-hydrogen) atoms. The van der Waals surface area contributed by atoms with E-state index in [9.17, 15) is 0 Å². The molecule has 2 unspecified atom stereocenters. The van der Waals surface area contributed by atoms with Crippen molar-refractivity contribution in [2.45, 2.75) is 64.6 Å². The van der Waals surface area contributed by atoms with Crippen molar-refractivity contribution in [3.63, 3.8) is 0 Å². The minimum atomic E-state index is 0.0506. The number of anilines is 1. The lowest BCUT2D eigenvalue weighted by molar-refractivity contribution is 0.391. The quantitative estimate of drug-likeness (QED) is 0.856. The molecule has 1 aliphatic carbocycles. The van der Waals surface area contributed by atoms with Gasteiger partial charge in [-0.25, -0.2) is 4.98 Å². The molecule has 2 rings (SSSR count). The van der Waals surface area contributed by atoms with E-state index < -0.39 is 0 Å². The summed E-state index contributed by atoms with van der Waals surface area (Å²) in [7, 11) is 0. The molecule has 1 aliphatic rings. The average Bonchev–Trinajstić information content (AvgIpc) is 2.92. The molecule has 0 amide bonds. The van der Waals surface area contributed by atoms with E-state index in [1.54, 1.807) is 18.6 Å². The maximum atomic E-state index is 4.28. The highest BCUT2D eigenvalue weighted by Crippen LogP contribution is 2.39. The molecule has 1 heterocycles. The van der Waals surface area contributed by atoms with Crippen molar-refractivity contribution in [1.82, 2.24) is 15.3 Å². The van der Waals surface area contributed by atoms with Gasteiger partial charge in [0.05, 0.1) is 6.20 Å². The van der Waals surface area contributed by atoms with Gasteiger partial charge in [-0.2, -0.15) is 0 Å². The summed E-state index contributed by atoms with van der Waals surface area (Å²) in [6.07, 6.45) is 7.63. The van der Waals surface area contributed by atoms with Gasteiger partial charge in [-0.05, 0) is 53.4 Å². The van der Waals surface area contributed by atoms with Crippen LogP contribution in [-0.4, -0.2) is 27.1 Å². The van der Waals surface area contributed by atoms with Crippen LogP contribution in [-0.2, 0) is 0 Å².